The van der Waals surface area contributed by atoms with Gasteiger partial charge in [-0.05, 0) is 17.5 Å². The summed E-state index contributed by atoms with van der Waals surface area (Å²) in [7, 11) is -1.36. The molecule has 0 bridgehead atoms. The highest BCUT2D eigenvalue weighted by molar-refractivity contribution is 7.17. The third kappa shape index (κ3) is 3.23. The minimum atomic E-state index is -1.36. The lowest BCUT2D eigenvalue weighted by Gasteiger charge is -2.22. The van der Waals surface area contributed by atoms with Crippen molar-refractivity contribution < 1.29 is 13.9 Å². The summed E-state index contributed by atoms with van der Waals surface area (Å²) in [5.74, 6) is 0.678. The minimum absolute atomic E-state index is 0.0228. The van der Waals surface area contributed by atoms with E-state index in [4.69, 9.17) is 4.52 Å². The number of hydrogen-bond acceptors (Lipinski definition) is 3. The summed E-state index contributed by atoms with van der Waals surface area (Å²) in [5.41, 5.74) is 1.03. The molecule has 0 aromatic heterocycles. The van der Waals surface area contributed by atoms with Crippen LogP contribution in [-0.2, 0) is 4.57 Å². The van der Waals surface area contributed by atoms with Crippen LogP contribution < -0.4 is 4.52 Å². The van der Waals surface area contributed by atoms with Crippen LogP contribution in [0.1, 0.15) is 56.5 Å². The van der Waals surface area contributed by atoms with Crippen LogP contribution in [0.3, 0.4) is 0 Å². The highest BCUT2D eigenvalue weighted by atomic mass is 31.1. The lowest BCUT2D eigenvalue weighted by Crippen LogP contribution is -2.22. The van der Waals surface area contributed by atoms with Crippen molar-refractivity contribution in [3.05, 3.63) is 29.3 Å². The van der Waals surface area contributed by atoms with Crippen molar-refractivity contribution >= 4 is 14.5 Å². The lowest BCUT2D eigenvalue weighted by atomic mass is 9.82. The number of ketones is 1. The van der Waals surface area contributed by atoms with Crippen molar-refractivity contribution in [1.82, 2.24) is 0 Å². The fraction of sp³-hybridized carbons (Fsp3) is 0.500. The molecular weight excluding hydrogens is 247 g/mol. The van der Waals surface area contributed by atoms with E-state index in [1.807, 2.05) is 46.8 Å². The van der Waals surface area contributed by atoms with Gasteiger partial charge in [-0.15, -0.1) is 0 Å². The molecule has 0 aliphatic heterocycles. The Labute approximate surface area is 110 Å². The molecule has 0 aliphatic rings. The first kappa shape index (κ1) is 15.0. The van der Waals surface area contributed by atoms with Crippen LogP contribution >= 0.6 is 8.69 Å². The van der Waals surface area contributed by atoms with Crippen LogP contribution in [0, 0.1) is 5.41 Å². The number of benzene rings is 1. The van der Waals surface area contributed by atoms with E-state index in [9.17, 15) is 9.36 Å². The molecule has 0 aliphatic carbocycles. The molecule has 1 rings (SSSR count). The van der Waals surface area contributed by atoms with E-state index >= 15 is 0 Å². The van der Waals surface area contributed by atoms with Crippen molar-refractivity contribution in [2.45, 2.75) is 40.5 Å². The van der Waals surface area contributed by atoms with Crippen molar-refractivity contribution in [3.8, 4) is 5.75 Å². The third-order valence-corrected chi connectivity index (χ3v) is 3.11. The summed E-state index contributed by atoms with van der Waals surface area (Å²) >= 11 is 0. The zero-order chi connectivity index (χ0) is 13.9. The zero-order valence-corrected chi connectivity index (χ0v) is 12.8. The third-order valence-electron chi connectivity index (χ3n) is 2.76. The van der Waals surface area contributed by atoms with Crippen molar-refractivity contribution in [3.63, 3.8) is 0 Å². The highest BCUT2D eigenvalue weighted by Gasteiger charge is 2.28. The Kier molecular flexibility index (Phi) is 4.75. The van der Waals surface area contributed by atoms with Gasteiger partial charge in [-0.1, -0.05) is 46.8 Å². The van der Waals surface area contributed by atoms with Gasteiger partial charge in [0.2, 0.25) is 8.69 Å². The van der Waals surface area contributed by atoms with Gasteiger partial charge in [-0.25, -0.2) is 0 Å². The number of Topliss-reactive ketones (excluding diaryl/α,β-unsaturated/α-hetero) is 1. The number of carbonyl (C=O) groups excluding carboxylic acids is 1. The molecule has 1 aromatic rings. The fourth-order valence-electron chi connectivity index (χ4n) is 1.80. The fourth-order valence-corrected chi connectivity index (χ4v) is 2.10. The van der Waals surface area contributed by atoms with E-state index in [-0.39, 0.29) is 11.7 Å². The first-order valence-electron chi connectivity index (χ1n) is 6.07. The van der Waals surface area contributed by atoms with Gasteiger partial charge < -0.3 is 4.52 Å². The zero-order valence-electron chi connectivity index (χ0n) is 11.6. The maximum absolute atomic E-state index is 12.5. The average molecular weight is 268 g/mol. The molecule has 1 aromatic carbocycles. The molecule has 0 spiro atoms. The molecule has 0 saturated heterocycles. The standard InChI is InChI=1S/C14H21O3P/c1-9(2)10-7-6-8-11(17-18-16)12(10)13(15)14(3,4)5/h6-9H,18H2,1-5H3. The van der Waals surface area contributed by atoms with Crippen LogP contribution in [0.2, 0.25) is 0 Å². The van der Waals surface area contributed by atoms with E-state index in [1.165, 1.54) is 0 Å². The normalized spacial score (nSPS) is 12.3. The van der Waals surface area contributed by atoms with E-state index < -0.39 is 14.1 Å². The molecule has 1 atom stereocenters. The summed E-state index contributed by atoms with van der Waals surface area (Å²) in [6.07, 6.45) is 0. The summed E-state index contributed by atoms with van der Waals surface area (Å²) in [6, 6.07) is 5.46. The van der Waals surface area contributed by atoms with Crippen LogP contribution in [0.5, 0.6) is 5.75 Å². The SMILES string of the molecule is CC(C)c1cccc(O[PH2]=O)c1C(=O)C(C)(C)C. The summed E-state index contributed by atoms with van der Waals surface area (Å²) in [4.78, 5) is 12.5. The molecule has 100 valence electrons. The molecular formula is C14H21O3P. The second-order valence-electron chi connectivity index (χ2n) is 5.67. The number of rotatable bonds is 4. The number of hydrogen-bond donors (Lipinski definition) is 0. The van der Waals surface area contributed by atoms with Gasteiger partial charge in [0.05, 0.1) is 5.56 Å². The average Bonchev–Trinajstić information content (AvgIpc) is 2.27. The molecule has 0 heterocycles. The Balaban J connectivity index is 3.45. The molecule has 3 nitrogen and oxygen atoms in total. The molecule has 1 unspecified atom stereocenters. The molecule has 18 heavy (non-hydrogen) atoms. The van der Waals surface area contributed by atoms with Crippen LogP contribution in [-0.4, -0.2) is 5.78 Å². The lowest BCUT2D eigenvalue weighted by molar-refractivity contribution is 0.0855. The van der Waals surface area contributed by atoms with E-state index in [2.05, 4.69) is 0 Å². The van der Waals surface area contributed by atoms with E-state index in [0.29, 0.717) is 11.3 Å². The highest BCUT2D eigenvalue weighted by Crippen LogP contribution is 2.34. The largest absolute Gasteiger partial charge is 0.446 e. The maximum atomic E-state index is 12.5. The van der Waals surface area contributed by atoms with Gasteiger partial charge in [0.25, 0.3) is 0 Å². The predicted molar refractivity (Wildman–Crippen MR) is 75.3 cm³/mol. The summed E-state index contributed by atoms with van der Waals surface area (Å²) in [6.45, 7) is 9.69. The van der Waals surface area contributed by atoms with Crippen molar-refractivity contribution in [2.24, 2.45) is 5.41 Å². The Morgan fingerprint density at radius 2 is 1.89 bits per heavy atom. The van der Waals surface area contributed by atoms with Gasteiger partial charge in [-0.2, -0.15) is 0 Å². The van der Waals surface area contributed by atoms with Crippen molar-refractivity contribution in [2.75, 3.05) is 0 Å². The molecule has 0 saturated carbocycles. The van der Waals surface area contributed by atoms with Gasteiger partial charge in [0.15, 0.2) is 5.78 Å². The quantitative estimate of drug-likeness (QED) is 0.610. The molecule has 0 radical (unpaired) electrons. The smallest absolute Gasteiger partial charge is 0.225 e. The van der Waals surface area contributed by atoms with Crippen LogP contribution in [0.15, 0.2) is 18.2 Å². The van der Waals surface area contributed by atoms with Gasteiger partial charge in [0, 0.05) is 5.41 Å². The second-order valence-corrected chi connectivity index (χ2v) is 6.10. The van der Waals surface area contributed by atoms with Crippen molar-refractivity contribution in [1.29, 1.82) is 0 Å². The topological polar surface area (TPSA) is 43.4 Å². The van der Waals surface area contributed by atoms with Crippen LogP contribution in [0.25, 0.3) is 0 Å². The molecule has 4 heteroatoms. The molecule has 0 amide bonds. The second kappa shape index (κ2) is 5.71. The summed E-state index contributed by atoms with van der Waals surface area (Å²) in [5, 5.41) is 0. The van der Waals surface area contributed by atoms with Gasteiger partial charge >= 0.3 is 0 Å². The number of carbonyl (C=O) groups is 1. The monoisotopic (exact) mass is 268 g/mol. The van der Waals surface area contributed by atoms with E-state index in [1.54, 1.807) is 6.07 Å². The van der Waals surface area contributed by atoms with Gasteiger partial charge in [-0.3, -0.25) is 9.36 Å². The maximum Gasteiger partial charge on any atom is 0.225 e. The van der Waals surface area contributed by atoms with Crippen LogP contribution in [0.4, 0.5) is 0 Å². The first-order chi connectivity index (χ1) is 8.29. The Bertz CT molecular complexity index is 459. The van der Waals surface area contributed by atoms with Gasteiger partial charge in [0.1, 0.15) is 5.75 Å². The Hall–Kier alpha value is -1.08. The minimum Gasteiger partial charge on any atom is -0.446 e. The first-order valence-corrected chi connectivity index (χ1v) is 7.01. The summed E-state index contributed by atoms with van der Waals surface area (Å²) < 4.78 is 15.9. The molecule has 0 fully saturated rings. The Morgan fingerprint density at radius 1 is 1.28 bits per heavy atom. The molecule has 0 N–H and O–H groups in total. The predicted octanol–water partition coefficient (Wildman–Crippen LogP) is 4.09. The Morgan fingerprint density at radius 3 is 2.33 bits per heavy atom. The van der Waals surface area contributed by atoms with E-state index in [0.717, 1.165) is 5.56 Å².